The Labute approximate surface area is 240 Å². The number of rotatable bonds is 5. The lowest BCUT2D eigenvalue weighted by atomic mass is 9.92. The van der Waals surface area contributed by atoms with Gasteiger partial charge in [-0.1, -0.05) is 23.7 Å². The fraction of sp³-hybridized carbons (Fsp3) is 0.174. The Morgan fingerprint density at radius 1 is 0.854 bits per heavy atom. The highest BCUT2D eigenvalue weighted by atomic mass is 127. The fourth-order valence-corrected chi connectivity index (χ4v) is 4.28. The van der Waals surface area contributed by atoms with Crippen molar-refractivity contribution in [2.24, 2.45) is 0 Å². The Kier molecular flexibility index (Phi) is 8.84. The van der Waals surface area contributed by atoms with E-state index in [1.807, 2.05) is 0 Å². The van der Waals surface area contributed by atoms with Crippen molar-refractivity contribution in [3.8, 4) is 0 Å². The predicted octanol–water partition coefficient (Wildman–Crippen LogP) is 8.43. The highest BCUT2D eigenvalue weighted by Crippen LogP contribution is 2.54. The number of anilines is 2. The first kappa shape index (κ1) is 32.3. The summed E-state index contributed by atoms with van der Waals surface area (Å²) in [4.78, 5) is 29.0. The van der Waals surface area contributed by atoms with Crippen molar-refractivity contribution < 1.29 is 57.9 Å². The average Bonchev–Trinajstić information content (AvgIpc) is 2.86. The van der Waals surface area contributed by atoms with Crippen molar-refractivity contribution in [3.63, 3.8) is 0 Å². The molecular formula is C23H10ClF11IN3O2. The summed E-state index contributed by atoms with van der Waals surface area (Å²) in [7, 11) is 0. The summed E-state index contributed by atoms with van der Waals surface area (Å²) < 4.78 is 149. The molecule has 220 valence electrons. The molecule has 18 heteroatoms. The minimum Gasteiger partial charge on any atom is -0.319 e. The molecule has 3 rings (SSSR count). The van der Waals surface area contributed by atoms with Gasteiger partial charge in [0, 0.05) is 11.8 Å². The zero-order valence-corrected chi connectivity index (χ0v) is 22.2. The number of amides is 2. The Balaban J connectivity index is 2.06. The first-order valence-corrected chi connectivity index (χ1v) is 11.8. The molecule has 0 bridgehead atoms. The minimum absolute atomic E-state index is 0.00222. The van der Waals surface area contributed by atoms with E-state index >= 15 is 4.39 Å². The second kappa shape index (κ2) is 11.2. The Morgan fingerprint density at radius 2 is 1.44 bits per heavy atom. The van der Waals surface area contributed by atoms with E-state index in [1.54, 1.807) is 0 Å². The number of hydrogen-bond acceptors (Lipinski definition) is 3. The van der Waals surface area contributed by atoms with Gasteiger partial charge in [-0.05, 0) is 36.4 Å². The van der Waals surface area contributed by atoms with Crippen molar-refractivity contribution in [3.05, 3.63) is 88.0 Å². The smallest absolute Gasteiger partial charge is 0.319 e. The lowest BCUT2D eigenvalue weighted by Gasteiger charge is -2.31. The summed E-state index contributed by atoms with van der Waals surface area (Å²) in [5.41, 5.74) is -14.0. The Bertz CT molecular complexity index is 1480. The number of aromatic nitrogens is 1. The number of carbonyl (C=O) groups excluding carboxylic acids is 2. The van der Waals surface area contributed by atoms with Gasteiger partial charge < -0.3 is 5.32 Å². The van der Waals surface area contributed by atoms with Crippen LogP contribution in [0.5, 0.6) is 0 Å². The van der Waals surface area contributed by atoms with E-state index < -0.39 is 76.0 Å². The maximum absolute atomic E-state index is 15.2. The molecule has 0 saturated heterocycles. The van der Waals surface area contributed by atoms with Gasteiger partial charge in [0.05, 0.1) is 50.9 Å². The van der Waals surface area contributed by atoms with Gasteiger partial charge in [-0.25, -0.2) is 16.9 Å². The van der Waals surface area contributed by atoms with Gasteiger partial charge >= 0.3 is 24.2 Å². The monoisotopic (exact) mass is 731 g/mol. The number of halogens is 13. The number of benzene rings is 2. The summed E-state index contributed by atoms with van der Waals surface area (Å²) in [6.45, 7) is 0. The third kappa shape index (κ3) is 6.19. The molecule has 2 amide bonds. The van der Waals surface area contributed by atoms with E-state index in [-0.39, 0.29) is 26.0 Å². The number of nitrogens with zero attached hydrogens (tertiary/aromatic N) is 2. The van der Waals surface area contributed by atoms with Crippen LogP contribution in [0, 0.1) is 5.82 Å². The molecule has 0 unspecified atom stereocenters. The van der Waals surface area contributed by atoms with Gasteiger partial charge in [-0.15, -0.1) is 0 Å². The third-order valence-electron chi connectivity index (χ3n) is 5.35. The summed E-state index contributed by atoms with van der Waals surface area (Å²) in [6.07, 6.45) is -17.9. The number of carbonyl (C=O) groups is 2. The van der Waals surface area contributed by atoms with Crippen LogP contribution in [-0.2, 0) is 11.8 Å². The van der Waals surface area contributed by atoms with Gasteiger partial charge in [0.2, 0.25) is 0 Å². The predicted molar refractivity (Wildman–Crippen MR) is 131 cm³/mol. The molecule has 0 spiro atoms. The van der Waals surface area contributed by atoms with E-state index in [2.05, 4.69) is 10.3 Å². The molecule has 1 heterocycles. The number of hydrogen-bond donors (Lipinski definition) is 1. The average molecular weight is 732 g/mol. The van der Waals surface area contributed by atoms with Crippen LogP contribution in [0.2, 0.25) is 5.15 Å². The maximum Gasteiger partial charge on any atom is 0.435 e. The highest BCUT2D eigenvalue weighted by Gasteiger charge is 2.73. The lowest BCUT2D eigenvalue weighted by Crippen LogP contribution is -2.50. The summed E-state index contributed by atoms with van der Waals surface area (Å²) in [6, 6.07) is 4.34. The first-order valence-electron chi connectivity index (χ1n) is 10.5. The van der Waals surface area contributed by atoms with Crippen LogP contribution >= 0.6 is 34.5 Å². The molecule has 0 atom stereocenters. The van der Waals surface area contributed by atoms with Crippen molar-refractivity contribution in [2.75, 3.05) is 8.43 Å². The zero-order valence-electron chi connectivity index (χ0n) is 19.3. The van der Waals surface area contributed by atoms with Crippen LogP contribution in [0.4, 0.5) is 59.7 Å². The van der Waals surface area contributed by atoms with E-state index in [0.29, 0.717) is 0 Å². The lowest BCUT2D eigenvalue weighted by molar-refractivity contribution is -0.348. The molecule has 41 heavy (non-hydrogen) atoms. The molecular weight excluding hydrogens is 722 g/mol. The standard InChI is InChI=1S/C23H10ClF11IN3O2/c24-17-12(4-2-8-37-17)18(40)38-14-5-1-3-11(16(14)25)19(41)39(36)15-7-6-10(9-13(15)21(27,28)29)20(26,22(30,31)32)23(33,34)35/h1-9H,(H,38,40). The summed E-state index contributed by atoms with van der Waals surface area (Å²) in [5.74, 6) is -4.03. The maximum atomic E-state index is 15.2. The first-order chi connectivity index (χ1) is 18.7. The second-order valence-electron chi connectivity index (χ2n) is 7.93. The SMILES string of the molecule is O=C(Nc1cccc(C(=O)N(I)c2ccc(C(F)(C(F)(F)F)C(F)(F)F)cc2C(F)(F)F)c1F)c1cccnc1Cl. The Hall–Kier alpha value is -3.22. The van der Waals surface area contributed by atoms with Gasteiger partial charge in [-0.2, -0.15) is 39.5 Å². The van der Waals surface area contributed by atoms with Crippen LogP contribution in [-0.4, -0.2) is 29.2 Å². The third-order valence-corrected chi connectivity index (χ3v) is 6.61. The quantitative estimate of drug-likeness (QED) is 0.124. The number of nitrogens with one attached hydrogen (secondary N) is 1. The van der Waals surface area contributed by atoms with E-state index in [9.17, 15) is 53.5 Å². The molecule has 1 aromatic heterocycles. The van der Waals surface area contributed by atoms with Crippen LogP contribution in [0.15, 0.2) is 54.7 Å². The molecule has 0 aliphatic heterocycles. The number of pyridine rings is 1. The largest absolute Gasteiger partial charge is 0.435 e. The van der Waals surface area contributed by atoms with Crippen molar-refractivity contribution in [1.29, 1.82) is 0 Å². The van der Waals surface area contributed by atoms with Crippen LogP contribution in [0.3, 0.4) is 0 Å². The van der Waals surface area contributed by atoms with Crippen LogP contribution < -0.4 is 8.43 Å². The summed E-state index contributed by atoms with van der Waals surface area (Å²) in [5, 5.41) is 1.81. The molecule has 0 aliphatic rings. The second-order valence-corrected chi connectivity index (χ2v) is 9.26. The molecule has 0 fully saturated rings. The number of alkyl halides is 10. The highest BCUT2D eigenvalue weighted by molar-refractivity contribution is 14.1. The minimum atomic E-state index is -6.70. The summed E-state index contributed by atoms with van der Waals surface area (Å²) >= 11 is 6.69. The van der Waals surface area contributed by atoms with Crippen LogP contribution in [0.25, 0.3) is 0 Å². The van der Waals surface area contributed by atoms with Gasteiger partial charge in [-0.3, -0.25) is 9.59 Å². The molecule has 0 saturated carbocycles. The van der Waals surface area contributed by atoms with Crippen molar-refractivity contribution in [1.82, 2.24) is 4.98 Å². The van der Waals surface area contributed by atoms with E-state index in [1.165, 1.54) is 18.3 Å². The zero-order chi connectivity index (χ0) is 31.1. The van der Waals surface area contributed by atoms with E-state index in [4.69, 9.17) is 11.6 Å². The molecule has 1 N–H and O–H groups in total. The van der Waals surface area contributed by atoms with Crippen molar-refractivity contribution in [2.45, 2.75) is 24.2 Å². The molecule has 5 nitrogen and oxygen atoms in total. The van der Waals surface area contributed by atoms with Gasteiger partial charge in [0.25, 0.3) is 11.8 Å². The Morgan fingerprint density at radius 3 is 1.98 bits per heavy atom. The van der Waals surface area contributed by atoms with Crippen molar-refractivity contribution >= 4 is 57.7 Å². The fourth-order valence-electron chi connectivity index (χ4n) is 3.39. The topological polar surface area (TPSA) is 62.3 Å². The molecule has 0 aliphatic carbocycles. The van der Waals surface area contributed by atoms with Gasteiger partial charge in [0.1, 0.15) is 5.15 Å². The normalized spacial score (nSPS) is 12.7. The van der Waals surface area contributed by atoms with E-state index in [0.717, 1.165) is 41.1 Å². The molecule has 2 aromatic carbocycles. The van der Waals surface area contributed by atoms with Crippen LogP contribution in [0.1, 0.15) is 31.8 Å². The molecule has 3 aromatic rings. The molecule has 0 radical (unpaired) electrons. The van der Waals surface area contributed by atoms with Gasteiger partial charge in [0.15, 0.2) is 5.82 Å².